The van der Waals surface area contributed by atoms with Gasteiger partial charge in [0.2, 0.25) is 0 Å². The molecule has 1 aliphatic rings. The van der Waals surface area contributed by atoms with E-state index in [1.54, 1.807) is 0 Å². The zero-order valence-electron chi connectivity index (χ0n) is 19.0. The van der Waals surface area contributed by atoms with Crippen LogP contribution in [0.15, 0.2) is 35.3 Å². The topological polar surface area (TPSA) is 42.9 Å². The molecule has 6 heteroatoms. The minimum absolute atomic E-state index is 0. The van der Waals surface area contributed by atoms with Gasteiger partial charge in [0, 0.05) is 51.9 Å². The van der Waals surface area contributed by atoms with Gasteiger partial charge in [-0.15, -0.1) is 24.0 Å². The van der Waals surface area contributed by atoms with Crippen molar-refractivity contribution in [1.82, 2.24) is 20.4 Å². The highest BCUT2D eigenvalue weighted by atomic mass is 127. The first-order chi connectivity index (χ1) is 13.5. The van der Waals surface area contributed by atoms with Crippen LogP contribution < -0.4 is 10.6 Å². The predicted molar refractivity (Wildman–Crippen MR) is 136 cm³/mol. The third-order valence-corrected chi connectivity index (χ3v) is 5.66. The van der Waals surface area contributed by atoms with E-state index in [1.807, 2.05) is 7.05 Å². The number of benzene rings is 1. The Kier molecular flexibility index (Phi) is 12.8. The van der Waals surface area contributed by atoms with Gasteiger partial charge in [0.05, 0.1) is 0 Å². The molecule has 2 N–H and O–H groups in total. The highest BCUT2D eigenvalue weighted by Gasteiger charge is 2.20. The van der Waals surface area contributed by atoms with Gasteiger partial charge in [-0.05, 0) is 44.7 Å². The van der Waals surface area contributed by atoms with Crippen molar-refractivity contribution in [1.29, 1.82) is 0 Å². The molecule has 1 atom stereocenters. The van der Waals surface area contributed by atoms with Crippen molar-refractivity contribution in [2.45, 2.75) is 58.7 Å². The van der Waals surface area contributed by atoms with Crippen LogP contribution in [0.5, 0.6) is 0 Å². The Balaban J connectivity index is 0.00000420. The molecule has 2 rings (SSSR count). The van der Waals surface area contributed by atoms with Crippen molar-refractivity contribution >= 4 is 29.9 Å². The number of nitrogens with one attached hydrogen (secondary N) is 2. The second-order valence-corrected chi connectivity index (χ2v) is 8.65. The lowest BCUT2D eigenvalue weighted by Gasteiger charge is -2.34. The number of rotatable bonds is 9. The van der Waals surface area contributed by atoms with Crippen LogP contribution >= 0.6 is 24.0 Å². The van der Waals surface area contributed by atoms with Crippen LogP contribution in [0.2, 0.25) is 0 Å². The van der Waals surface area contributed by atoms with Gasteiger partial charge in [0.25, 0.3) is 0 Å². The molecular weight excluding hydrogens is 473 g/mol. The zero-order chi connectivity index (χ0) is 20.4. The van der Waals surface area contributed by atoms with Crippen LogP contribution in [-0.2, 0) is 6.54 Å². The number of aliphatic imine (C=N–C) groups is 1. The fourth-order valence-corrected chi connectivity index (χ4v) is 3.81. The first-order valence-corrected chi connectivity index (χ1v) is 10.9. The van der Waals surface area contributed by atoms with Crippen molar-refractivity contribution in [3.63, 3.8) is 0 Å². The number of halogens is 1. The maximum Gasteiger partial charge on any atom is 0.191 e. The fraction of sp³-hybridized carbons (Fsp3) is 0.696. The van der Waals surface area contributed by atoms with E-state index < -0.39 is 0 Å². The number of likely N-dealkylation sites (tertiary alicyclic amines) is 1. The van der Waals surface area contributed by atoms with E-state index in [0.717, 1.165) is 31.4 Å². The Labute approximate surface area is 195 Å². The summed E-state index contributed by atoms with van der Waals surface area (Å²) in [6.07, 6.45) is 3.49. The molecule has 0 amide bonds. The number of nitrogens with zero attached hydrogens (tertiary/aromatic N) is 3. The fourth-order valence-electron chi connectivity index (χ4n) is 3.81. The third-order valence-electron chi connectivity index (χ3n) is 5.66. The Morgan fingerprint density at radius 3 is 2.41 bits per heavy atom. The molecule has 0 aliphatic carbocycles. The van der Waals surface area contributed by atoms with E-state index in [2.05, 4.69) is 83.6 Å². The Hall–Kier alpha value is -0.860. The molecular formula is C23H42IN5. The molecule has 1 aliphatic heterocycles. The second-order valence-electron chi connectivity index (χ2n) is 8.65. The smallest absolute Gasteiger partial charge is 0.191 e. The molecule has 1 aromatic rings. The van der Waals surface area contributed by atoms with E-state index in [4.69, 9.17) is 0 Å². The molecule has 0 spiro atoms. The van der Waals surface area contributed by atoms with Gasteiger partial charge >= 0.3 is 0 Å². The van der Waals surface area contributed by atoms with Gasteiger partial charge < -0.3 is 15.5 Å². The SMILES string of the molecule is CN=C(NCCC(C)N(C)Cc1ccccc1)NC1CCN(CC(C)C)CC1.I. The van der Waals surface area contributed by atoms with Gasteiger partial charge in [-0.25, -0.2) is 0 Å². The molecule has 166 valence electrons. The van der Waals surface area contributed by atoms with E-state index in [9.17, 15) is 0 Å². The average molecular weight is 516 g/mol. The normalized spacial score (nSPS) is 17.3. The van der Waals surface area contributed by atoms with E-state index in [0.29, 0.717) is 12.1 Å². The van der Waals surface area contributed by atoms with Gasteiger partial charge in [0.1, 0.15) is 0 Å². The lowest BCUT2D eigenvalue weighted by atomic mass is 10.0. The van der Waals surface area contributed by atoms with Crippen LogP contribution in [0.1, 0.15) is 45.6 Å². The molecule has 0 saturated carbocycles. The minimum Gasteiger partial charge on any atom is -0.356 e. The van der Waals surface area contributed by atoms with Gasteiger partial charge in [-0.2, -0.15) is 0 Å². The zero-order valence-corrected chi connectivity index (χ0v) is 21.4. The summed E-state index contributed by atoms with van der Waals surface area (Å²) in [5.41, 5.74) is 1.37. The summed E-state index contributed by atoms with van der Waals surface area (Å²) in [5.74, 6) is 1.70. The maximum absolute atomic E-state index is 4.43. The molecule has 0 aromatic heterocycles. The molecule has 0 bridgehead atoms. The first kappa shape index (κ1) is 26.2. The Bertz CT molecular complexity index is 570. The molecule has 1 aromatic carbocycles. The van der Waals surface area contributed by atoms with Crippen LogP contribution in [0.4, 0.5) is 0 Å². The number of guanidine groups is 1. The Morgan fingerprint density at radius 2 is 1.83 bits per heavy atom. The second kappa shape index (κ2) is 14.2. The minimum atomic E-state index is 0. The van der Waals surface area contributed by atoms with Crippen LogP contribution in [-0.4, -0.2) is 68.1 Å². The lowest BCUT2D eigenvalue weighted by molar-refractivity contribution is 0.186. The van der Waals surface area contributed by atoms with Gasteiger partial charge in [-0.3, -0.25) is 9.89 Å². The summed E-state index contributed by atoms with van der Waals surface area (Å²) in [6, 6.07) is 11.7. The molecule has 5 nitrogen and oxygen atoms in total. The van der Waals surface area contributed by atoms with Crippen LogP contribution in [0.25, 0.3) is 0 Å². The largest absolute Gasteiger partial charge is 0.356 e. The summed E-state index contributed by atoms with van der Waals surface area (Å²) in [7, 11) is 4.07. The average Bonchev–Trinajstić information content (AvgIpc) is 2.68. The molecule has 1 heterocycles. The van der Waals surface area contributed by atoms with Crippen molar-refractivity contribution in [3.8, 4) is 0 Å². The molecule has 1 fully saturated rings. The van der Waals surface area contributed by atoms with E-state index in [-0.39, 0.29) is 24.0 Å². The summed E-state index contributed by atoms with van der Waals surface area (Å²) in [6.45, 7) is 12.4. The third kappa shape index (κ3) is 10.1. The molecule has 1 unspecified atom stereocenters. The monoisotopic (exact) mass is 515 g/mol. The summed E-state index contributed by atoms with van der Waals surface area (Å²) < 4.78 is 0. The van der Waals surface area contributed by atoms with E-state index in [1.165, 1.54) is 38.0 Å². The lowest BCUT2D eigenvalue weighted by Crippen LogP contribution is -2.49. The summed E-state index contributed by atoms with van der Waals surface area (Å²) in [5, 5.41) is 7.13. The predicted octanol–water partition coefficient (Wildman–Crippen LogP) is 3.80. The number of hydrogen-bond donors (Lipinski definition) is 2. The van der Waals surface area contributed by atoms with E-state index >= 15 is 0 Å². The number of piperidine rings is 1. The summed E-state index contributed by atoms with van der Waals surface area (Å²) >= 11 is 0. The van der Waals surface area contributed by atoms with Gasteiger partial charge in [0.15, 0.2) is 5.96 Å². The standard InChI is InChI=1S/C23H41N5.HI/c1-19(2)17-28-15-12-22(13-16-28)26-23(24-4)25-14-11-20(3)27(5)18-21-9-7-6-8-10-21;/h6-10,19-20,22H,11-18H2,1-5H3,(H2,24,25,26);1H. The Morgan fingerprint density at radius 1 is 1.17 bits per heavy atom. The van der Waals surface area contributed by atoms with Crippen LogP contribution in [0, 0.1) is 5.92 Å². The quantitative estimate of drug-likeness (QED) is 0.298. The first-order valence-electron chi connectivity index (χ1n) is 10.9. The highest BCUT2D eigenvalue weighted by Crippen LogP contribution is 2.12. The van der Waals surface area contributed by atoms with Crippen molar-refractivity contribution < 1.29 is 0 Å². The van der Waals surface area contributed by atoms with Crippen LogP contribution in [0.3, 0.4) is 0 Å². The summed E-state index contributed by atoms with van der Waals surface area (Å²) in [4.78, 5) is 9.43. The number of hydrogen-bond acceptors (Lipinski definition) is 3. The van der Waals surface area contributed by atoms with Gasteiger partial charge in [-0.1, -0.05) is 44.2 Å². The van der Waals surface area contributed by atoms with Crippen molar-refractivity contribution in [2.24, 2.45) is 10.9 Å². The molecule has 1 saturated heterocycles. The molecule has 0 radical (unpaired) electrons. The highest BCUT2D eigenvalue weighted by molar-refractivity contribution is 14.0. The maximum atomic E-state index is 4.43. The van der Waals surface area contributed by atoms with Crippen molar-refractivity contribution in [3.05, 3.63) is 35.9 Å². The van der Waals surface area contributed by atoms with Crippen molar-refractivity contribution in [2.75, 3.05) is 40.3 Å². The molecule has 29 heavy (non-hydrogen) atoms.